The van der Waals surface area contributed by atoms with E-state index in [1.807, 2.05) is 0 Å². The SMILES string of the molecule is CC(=O)Nc1ccc(OCCCl)c(OCCCl)c1. The van der Waals surface area contributed by atoms with Crippen molar-refractivity contribution in [2.45, 2.75) is 6.92 Å². The van der Waals surface area contributed by atoms with Crippen molar-refractivity contribution in [3.63, 3.8) is 0 Å². The van der Waals surface area contributed by atoms with Crippen molar-refractivity contribution in [2.24, 2.45) is 0 Å². The number of carbonyl (C=O) groups is 1. The Morgan fingerprint density at radius 1 is 1.17 bits per heavy atom. The van der Waals surface area contributed by atoms with Crippen LogP contribution in [0, 0.1) is 0 Å². The van der Waals surface area contributed by atoms with Gasteiger partial charge in [0.25, 0.3) is 0 Å². The summed E-state index contributed by atoms with van der Waals surface area (Å²) in [5.41, 5.74) is 0.644. The van der Waals surface area contributed by atoms with Gasteiger partial charge in [-0.2, -0.15) is 0 Å². The van der Waals surface area contributed by atoms with Crippen LogP contribution in [0.1, 0.15) is 6.92 Å². The maximum atomic E-state index is 11.0. The zero-order valence-corrected chi connectivity index (χ0v) is 11.6. The van der Waals surface area contributed by atoms with E-state index in [1.54, 1.807) is 18.2 Å². The van der Waals surface area contributed by atoms with E-state index in [1.165, 1.54) is 6.92 Å². The molecule has 1 N–H and O–H groups in total. The van der Waals surface area contributed by atoms with Gasteiger partial charge in [0.1, 0.15) is 13.2 Å². The van der Waals surface area contributed by atoms with Crippen LogP contribution >= 0.6 is 23.2 Å². The lowest BCUT2D eigenvalue weighted by atomic mass is 10.2. The Kier molecular flexibility index (Phi) is 6.68. The molecule has 0 aliphatic carbocycles. The number of ether oxygens (including phenoxy) is 2. The van der Waals surface area contributed by atoms with Crippen molar-refractivity contribution in [1.82, 2.24) is 0 Å². The fourth-order valence-electron chi connectivity index (χ4n) is 1.32. The number of amides is 1. The number of benzene rings is 1. The molecule has 0 aliphatic heterocycles. The molecule has 0 heterocycles. The Balaban J connectivity index is 2.84. The normalized spacial score (nSPS) is 9.94. The zero-order valence-electron chi connectivity index (χ0n) is 10.0. The monoisotopic (exact) mass is 291 g/mol. The molecule has 1 aromatic carbocycles. The maximum Gasteiger partial charge on any atom is 0.221 e. The molecule has 0 aromatic heterocycles. The number of halogens is 2. The number of nitrogens with one attached hydrogen (secondary N) is 1. The van der Waals surface area contributed by atoms with E-state index in [4.69, 9.17) is 32.7 Å². The molecule has 0 radical (unpaired) electrons. The highest BCUT2D eigenvalue weighted by molar-refractivity contribution is 6.18. The zero-order chi connectivity index (χ0) is 13.4. The van der Waals surface area contributed by atoms with E-state index in [0.717, 1.165) is 0 Å². The summed E-state index contributed by atoms with van der Waals surface area (Å²) >= 11 is 11.1. The van der Waals surface area contributed by atoms with Crippen LogP contribution in [0.3, 0.4) is 0 Å². The first kappa shape index (κ1) is 14.9. The standard InChI is InChI=1S/C12H15Cl2NO3/c1-9(16)15-10-2-3-11(17-6-4-13)12(8-10)18-7-5-14/h2-3,8H,4-7H2,1H3,(H,15,16). The molecule has 0 saturated carbocycles. The van der Waals surface area contributed by atoms with Crippen LogP contribution in [-0.2, 0) is 4.79 Å². The lowest BCUT2D eigenvalue weighted by molar-refractivity contribution is -0.114. The van der Waals surface area contributed by atoms with Crippen LogP contribution in [0.25, 0.3) is 0 Å². The number of hydrogen-bond acceptors (Lipinski definition) is 3. The van der Waals surface area contributed by atoms with Crippen LogP contribution in [0.5, 0.6) is 11.5 Å². The van der Waals surface area contributed by atoms with Crippen molar-refractivity contribution in [3.8, 4) is 11.5 Å². The quantitative estimate of drug-likeness (QED) is 0.786. The molecule has 0 unspecified atom stereocenters. The highest BCUT2D eigenvalue weighted by Gasteiger charge is 2.07. The van der Waals surface area contributed by atoms with Gasteiger partial charge in [-0.3, -0.25) is 4.79 Å². The minimum Gasteiger partial charge on any atom is -0.488 e. The number of hydrogen-bond donors (Lipinski definition) is 1. The van der Waals surface area contributed by atoms with Crippen molar-refractivity contribution >= 4 is 34.8 Å². The third-order valence-corrected chi connectivity index (χ3v) is 2.24. The molecule has 18 heavy (non-hydrogen) atoms. The van der Waals surface area contributed by atoms with Crippen molar-refractivity contribution in [1.29, 1.82) is 0 Å². The van der Waals surface area contributed by atoms with E-state index >= 15 is 0 Å². The predicted molar refractivity (Wildman–Crippen MR) is 73.2 cm³/mol. The van der Waals surface area contributed by atoms with E-state index < -0.39 is 0 Å². The minimum absolute atomic E-state index is 0.146. The molecular formula is C12H15Cl2NO3. The highest BCUT2D eigenvalue weighted by atomic mass is 35.5. The Morgan fingerprint density at radius 2 is 1.78 bits per heavy atom. The van der Waals surface area contributed by atoms with Crippen LogP contribution in [0.2, 0.25) is 0 Å². The van der Waals surface area contributed by atoms with E-state index in [-0.39, 0.29) is 5.91 Å². The first-order valence-corrected chi connectivity index (χ1v) is 6.53. The molecule has 1 rings (SSSR count). The maximum absolute atomic E-state index is 11.0. The molecule has 0 saturated heterocycles. The van der Waals surface area contributed by atoms with Crippen molar-refractivity contribution in [3.05, 3.63) is 18.2 Å². The first-order chi connectivity index (χ1) is 8.67. The summed E-state index contributed by atoms with van der Waals surface area (Å²) in [5.74, 6) is 1.73. The van der Waals surface area contributed by atoms with Crippen LogP contribution in [0.4, 0.5) is 5.69 Å². The highest BCUT2D eigenvalue weighted by Crippen LogP contribution is 2.30. The van der Waals surface area contributed by atoms with Gasteiger partial charge in [0.2, 0.25) is 5.91 Å². The summed E-state index contributed by atoms with van der Waals surface area (Å²) in [6, 6.07) is 5.15. The molecule has 4 nitrogen and oxygen atoms in total. The summed E-state index contributed by atoms with van der Waals surface area (Å²) < 4.78 is 10.9. The molecule has 1 aromatic rings. The molecule has 0 spiro atoms. The Hall–Kier alpha value is -1.13. The predicted octanol–water partition coefficient (Wildman–Crippen LogP) is 2.88. The fourth-order valence-corrected chi connectivity index (χ4v) is 1.47. The number of anilines is 1. The van der Waals surface area contributed by atoms with Gasteiger partial charge in [0.05, 0.1) is 11.8 Å². The second kappa shape index (κ2) is 8.06. The topological polar surface area (TPSA) is 47.6 Å². The van der Waals surface area contributed by atoms with Gasteiger partial charge in [0, 0.05) is 18.7 Å². The molecule has 0 fully saturated rings. The number of alkyl halides is 2. The Bertz CT molecular complexity index is 399. The number of carbonyl (C=O) groups excluding carboxylic acids is 1. The molecule has 0 aliphatic rings. The van der Waals surface area contributed by atoms with E-state index in [9.17, 15) is 4.79 Å². The fraction of sp³-hybridized carbons (Fsp3) is 0.417. The van der Waals surface area contributed by atoms with Gasteiger partial charge >= 0.3 is 0 Å². The first-order valence-electron chi connectivity index (χ1n) is 5.46. The van der Waals surface area contributed by atoms with Gasteiger partial charge in [-0.15, -0.1) is 23.2 Å². The van der Waals surface area contributed by atoms with Crippen molar-refractivity contribution in [2.75, 3.05) is 30.3 Å². The summed E-state index contributed by atoms with van der Waals surface area (Å²) in [6.45, 7) is 2.19. The molecular weight excluding hydrogens is 277 g/mol. The average molecular weight is 292 g/mol. The average Bonchev–Trinajstić information content (AvgIpc) is 2.34. The van der Waals surface area contributed by atoms with Gasteiger partial charge in [0.15, 0.2) is 11.5 Å². The Morgan fingerprint density at radius 3 is 2.33 bits per heavy atom. The summed E-state index contributed by atoms with van der Waals surface area (Å²) in [4.78, 5) is 11.0. The van der Waals surface area contributed by atoms with Crippen LogP contribution in [-0.4, -0.2) is 30.9 Å². The van der Waals surface area contributed by atoms with Gasteiger partial charge < -0.3 is 14.8 Å². The second-order valence-corrected chi connectivity index (χ2v) is 4.17. The molecule has 100 valence electrons. The van der Waals surface area contributed by atoms with Crippen molar-refractivity contribution < 1.29 is 14.3 Å². The Labute approximate surface area is 116 Å². The smallest absolute Gasteiger partial charge is 0.221 e. The van der Waals surface area contributed by atoms with E-state index in [2.05, 4.69) is 5.32 Å². The molecule has 0 atom stereocenters. The third kappa shape index (κ3) is 5.02. The van der Waals surface area contributed by atoms with E-state index in [0.29, 0.717) is 42.2 Å². The number of rotatable bonds is 7. The van der Waals surface area contributed by atoms with Gasteiger partial charge in [-0.25, -0.2) is 0 Å². The molecule has 1 amide bonds. The second-order valence-electron chi connectivity index (χ2n) is 3.42. The minimum atomic E-state index is -0.146. The lowest BCUT2D eigenvalue weighted by Crippen LogP contribution is -2.08. The lowest BCUT2D eigenvalue weighted by Gasteiger charge is -2.13. The summed E-state index contributed by atoms with van der Waals surface area (Å²) in [6.07, 6.45) is 0. The third-order valence-electron chi connectivity index (χ3n) is 1.93. The summed E-state index contributed by atoms with van der Waals surface area (Å²) in [7, 11) is 0. The molecule has 6 heteroatoms. The van der Waals surface area contributed by atoms with Gasteiger partial charge in [-0.05, 0) is 12.1 Å². The van der Waals surface area contributed by atoms with Gasteiger partial charge in [-0.1, -0.05) is 0 Å². The molecule has 0 bridgehead atoms. The van der Waals surface area contributed by atoms with Crippen LogP contribution in [0.15, 0.2) is 18.2 Å². The van der Waals surface area contributed by atoms with Crippen LogP contribution < -0.4 is 14.8 Å². The summed E-state index contributed by atoms with van der Waals surface area (Å²) in [5, 5.41) is 2.67. The largest absolute Gasteiger partial charge is 0.488 e.